The second kappa shape index (κ2) is 2.81. The standard InChI is InChI=1S/C12H12O/c1-3-12(8-9-12)10-6-4-5-7-11(10)13-2/h1,4-7H,8-9H2,2H3. The van der Waals surface area contributed by atoms with E-state index < -0.39 is 0 Å². The Morgan fingerprint density at radius 3 is 2.62 bits per heavy atom. The molecule has 1 aliphatic carbocycles. The van der Waals surface area contributed by atoms with E-state index in [0.29, 0.717) is 0 Å². The minimum absolute atomic E-state index is 0.0212. The molecule has 0 unspecified atom stereocenters. The molecule has 0 saturated heterocycles. The van der Waals surface area contributed by atoms with E-state index in [9.17, 15) is 0 Å². The molecular formula is C12H12O. The highest BCUT2D eigenvalue weighted by molar-refractivity contribution is 5.48. The third kappa shape index (κ3) is 1.19. The molecule has 0 atom stereocenters. The Morgan fingerprint density at radius 1 is 1.38 bits per heavy atom. The number of rotatable bonds is 2. The van der Waals surface area contributed by atoms with Gasteiger partial charge in [0.15, 0.2) is 0 Å². The first-order chi connectivity index (χ1) is 6.32. The summed E-state index contributed by atoms with van der Waals surface area (Å²) in [5.74, 6) is 3.78. The lowest BCUT2D eigenvalue weighted by molar-refractivity contribution is 0.407. The summed E-state index contributed by atoms with van der Waals surface area (Å²) in [6.07, 6.45) is 7.69. The third-order valence-corrected chi connectivity index (χ3v) is 2.65. The van der Waals surface area contributed by atoms with E-state index in [2.05, 4.69) is 12.0 Å². The monoisotopic (exact) mass is 172 g/mol. The molecule has 1 saturated carbocycles. The average molecular weight is 172 g/mol. The normalized spacial score (nSPS) is 17.5. The SMILES string of the molecule is C#CC1(c2ccccc2OC)CC1. The molecule has 0 heterocycles. The summed E-state index contributed by atoms with van der Waals surface area (Å²) in [4.78, 5) is 0. The first kappa shape index (κ1) is 8.19. The molecule has 1 nitrogen and oxygen atoms in total. The fourth-order valence-electron chi connectivity index (χ4n) is 1.66. The maximum Gasteiger partial charge on any atom is 0.123 e. The molecule has 0 N–H and O–H groups in total. The molecule has 1 aromatic carbocycles. The predicted octanol–water partition coefficient (Wildman–Crippen LogP) is 2.36. The van der Waals surface area contributed by atoms with Crippen LogP contribution in [0.3, 0.4) is 0 Å². The van der Waals surface area contributed by atoms with E-state index in [1.54, 1.807) is 7.11 Å². The molecule has 13 heavy (non-hydrogen) atoms. The fraction of sp³-hybridized carbons (Fsp3) is 0.333. The van der Waals surface area contributed by atoms with Crippen molar-refractivity contribution in [3.8, 4) is 18.1 Å². The third-order valence-electron chi connectivity index (χ3n) is 2.65. The van der Waals surface area contributed by atoms with Gasteiger partial charge in [-0.25, -0.2) is 0 Å². The number of terminal acetylenes is 1. The van der Waals surface area contributed by atoms with Crippen molar-refractivity contribution < 1.29 is 4.74 Å². The molecule has 0 aromatic heterocycles. The molecule has 0 aliphatic heterocycles. The summed E-state index contributed by atoms with van der Waals surface area (Å²) >= 11 is 0. The lowest BCUT2D eigenvalue weighted by Gasteiger charge is -2.12. The lowest BCUT2D eigenvalue weighted by atomic mass is 9.96. The van der Waals surface area contributed by atoms with E-state index in [1.807, 2.05) is 18.2 Å². The Hall–Kier alpha value is -1.42. The fourth-order valence-corrected chi connectivity index (χ4v) is 1.66. The summed E-state index contributed by atoms with van der Waals surface area (Å²) in [7, 11) is 1.69. The Balaban J connectivity index is 2.46. The van der Waals surface area contributed by atoms with Gasteiger partial charge in [-0.15, -0.1) is 6.42 Å². The van der Waals surface area contributed by atoms with E-state index in [0.717, 1.165) is 18.6 Å². The van der Waals surface area contributed by atoms with Crippen molar-refractivity contribution in [3.05, 3.63) is 29.8 Å². The van der Waals surface area contributed by atoms with Crippen LogP contribution in [0.5, 0.6) is 5.75 Å². The van der Waals surface area contributed by atoms with Gasteiger partial charge in [0.05, 0.1) is 12.5 Å². The van der Waals surface area contributed by atoms with Crippen LogP contribution in [-0.2, 0) is 5.41 Å². The minimum atomic E-state index is -0.0212. The van der Waals surface area contributed by atoms with Crippen molar-refractivity contribution in [1.29, 1.82) is 0 Å². The zero-order valence-electron chi connectivity index (χ0n) is 7.71. The van der Waals surface area contributed by atoms with Gasteiger partial charge in [-0.3, -0.25) is 0 Å². The number of para-hydroxylation sites is 1. The van der Waals surface area contributed by atoms with Crippen LogP contribution in [0.25, 0.3) is 0 Å². The molecule has 0 amide bonds. The largest absolute Gasteiger partial charge is 0.496 e. The highest BCUT2D eigenvalue weighted by atomic mass is 16.5. The van der Waals surface area contributed by atoms with Gasteiger partial charge >= 0.3 is 0 Å². The van der Waals surface area contributed by atoms with Gasteiger partial charge in [-0.2, -0.15) is 0 Å². The zero-order valence-corrected chi connectivity index (χ0v) is 7.71. The van der Waals surface area contributed by atoms with Crippen LogP contribution < -0.4 is 4.74 Å². The topological polar surface area (TPSA) is 9.23 Å². The Labute approximate surface area is 78.7 Å². The van der Waals surface area contributed by atoms with Crippen LogP contribution in [-0.4, -0.2) is 7.11 Å². The quantitative estimate of drug-likeness (QED) is 0.622. The van der Waals surface area contributed by atoms with Gasteiger partial charge < -0.3 is 4.74 Å². The number of methoxy groups -OCH3 is 1. The first-order valence-corrected chi connectivity index (χ1v) is 4.44. The van der Waals surface area contributed by atoms with Crippen LogP contribution >= 0.6 is 0 Å². The molecular weight excluding hydrogens is 160 g/mol. The minimum Gasteiger partial charge on any atom is -0.496 e. The zero-order chi connectivity index (χ0) is 9.31. The van der Waals surface area contributed by atoms with Crippen molar-refractivity contribution in [2.45, 2.75) is 18.3 Å². The maximum atomic E-state index is 5.52. The Morgan fingerprint density at radius 2 is 2.08 bits per heavy atom. The molecule has 1 heteroatoms. The summed E-state index contributed by atoms with van der Waals surface area (Å²) < 4.78 is 5.28. The Bertz CT molecular complexity index is 356. The molecule has 0 spiro atoms. The van der Waals surface area contributed by atoms with E-state index in [1.165, 1.54) is 5.56 Å². The number of hydrogen-bond acceptors (Lipinski definition) is 1. The van der Waals surface area contributed by atoms with Crippen LogP contribution in [0.15, 0.2) is 24.3 Å². The van der Waals surface area contributed by atoms with Gasteiger partial charge in [-0.1, -0.05) is 24.1 Å². The average Bonchev–Trinajstić information content (AvgIpc) is 2.98. The lowest BCUT2D eigenvalue weighted by Crippen LogP contribution is -2.04. The summed E-state index contributed by atoms with van der Waals surface area (Å²) in [6, 6.07) is 8.00. The van der Waals surface area contributed by atoms with E-state index in [-0.39, 0.29) is 5.41 Å². The van der Waals surface area contributed by atoms with E-state index in [4.69, 9.17) is 11.2 Å². The van der Waals surface area contributed by atoms with Gasteiger partial charge in [0.1, 0.15) is 5.75 Å². The smallest absolute Gasteiger partial charge is 0.123 e. The number of benzene rings is 1. The second-order valence-corrected chi connectivity index (χ2v) is 3.43. The molecule has 0 radical (unpaired) electrons. The molecule has 1 fully saturated rings. The van der Waals surface area contributed by atoms with Gasteiger partial charge in [-0.05, 0) is 18.9 Å². The van der Waals surface area contributed by atoms with Crippen LogP contribution in [0.1, 0.15) is 18.4 Å². The second-order valence-electron chi connectivity index (χ2n) is 3.43. The van der Waals surface area contributed by atoms with Crippen LogP contribution in [0.2, 0.25) is 0 Å². The number of hydrogen-bond donors (Lipinski definition) is 0. The highest BCUT2D eigenvalue weighted by Gasteiger charge is 2.44. The van der Waals surface area contributed by atoms with Crippen LogP contribution in [0.4, 0.5) is 0 Å². The predicted molar refractivity (Wildman–Crippen MR) is 52.7 cm³/mol. The maximum absolute atomic E-state index is 5.52. The van der Waals surface area contributed by atoms with Crippen molar-refractivity contribution in [1.82, 2.24) is 0 Å². The van der Waals surface area contributed by atoms with Gasteiger partial charge in [0.25, 0.3) is 0 Å². The summed E-state index contributed by atoms with van der Waals surface area (Å²) in [6.45, 7) is 0. The first-order valence-electron chi connectivity index (χ1n) is 4.44. The van der Waals surface area contributed by atoms with Crippen molar-refractivity contribution in [3.63, 3.8) is 0 Å². The van der Waals surface area contributed by atoms with Crippen molar-refractivity contribution >= 4 is 0 Å². The molecule has 1 aromatic rings. The van der Waals surface area contributed by atoms with Crippen LogP contribution in [0, 0.1) is 12.3 Å². The summed E-state index contributed by atoms with van der Waals surface area (Å²) in [5.41, 5.74) is 1.15. The summed E-state index contributed by atoms with van der Waals surface area (Å²) in [5, 5.41) is 0. The van der Waals surface area contributed by atoms with Gasteiger partial charge in [0, 0.05) is 5.56 Å². The van der Waals surface area contributed by atoms with E-state index >= 15 is 0 Å². The van der Waals surface area contributed by atoms with Gasteiger partial charge in [0.2, 0.25) is 0 Å². The van der Waals surface area contributed by atoms with Crippen molar-refractivity contribution in [2.75, 3.05) is 7.11 Å². The molecule has 66 valence electrons. The molecule has 0 bridgehead atoms. The number of ether oxygens (including phenoxy) is 1. The highest BCUT2D eigenvalue weighted by Crippen LogP contribution is 2.50. The molecule has 1 aliphatic rings. The molecule has 2 rings (SSSR count). The van der Waals surface area contributed by atoms with Crippen molar-refractivity contribution in [2.24, 2.45) is 0 Å². The Kier molecular flexibility index (Phi) is 1.77.